The summed E-state index contributed by atoms with van der Waals surface area (Å²) in [7, 11) is 0. The third-order valence-corrected chi connectivity index (χ3v) is 5.09. The summed E-state index contributed by atoms with van der Waals surface area (Å²) in [4.78, 5) is 5.12. The molecule has 1 heterocycles. The molecule has 0 saturated carbocycles. The molecule has 3 aromatic rings. The predicted octanol–water partition coefficient (Wildman–Crippen LogP) is 4.97. The minimum absolute atomic E-state index is 0.221. The van der Waals surface area contributed by atoms with Gasteiger partial charge in [-0.1, -0.05) is 30.2 Å². The molecule has 1 aromatic heterocycles. The van der Waals surface area contributed by atoms with Crippen LogP contribution in [0, 0.1) is 23.7 Å². The summed E-state index contributed by atoms with van der Waals surface area (Å²) in [6.07, 6.45) is 7.01. The molecule has 0 bridgehead atoms. The number of thioether (sulfide) groups is 1. The predicted molar refractivity (Wildman–Crippen MR) is 99.8 cm³/mol. The molecule has 0 fully saturated rings. The molecule has 0 aliphatic rings. The van der Waals surface area contributed by atoms with Crippen molar-refractivity contribution in [1.29, 1.82) is 5.26 Å². The van der Waals surface area contributed by atoms with Gasteiger partial charge in [-0.25, -0.2) is 4.98 Å². The monoisotopic (exact) mass is 348 g/mol. The topological polar surface area (TPSA) is 45.9 Å². The molecule has 0 aliphatic heterocycles. The third-order valence-electron chi connectivity index (χ3n) is 3.06. The first kappa shape index (κ1) is 16.1. The van der Waals surface area contributed by atoms with Gasteiger partial charge in [0, 0.05) is 0 Å². The van der Waals surface area contributed by atoms with Gasteiger partial charge < -0.3 is 4.74 Å². The zero-order valence-corrected chi connectivity index (χ0v) is 14.2. The second-order valence-corrected chi connectivity index (χ2v) is 7.05. The summed E-state index contributed by atoms with van der Waals surface area (Å²) in [5, 5.41) is 9.41. The fraction of sp³-hybridized carbons (Fsp3) is 0.0526. The number of rotatable bonds is 5. The fourth-order valence-electron chi connectivity index (χ4n) is 2.04. The molecular weight excluding hydrogens is 336 g/mol. The molecule has 0 atom stereocenters. The van der Waals surface area contributed by atoms with Gasteiger partial charge in [0.15, 0.2) is 4.34 Å². The van der Waals surface area contributed by atoms with E-state index in [1.807, 2.05) is 54.6 Å². The smallest absolute Gasteiger partial charge is 0.156 e. The molecule has 0 unspecified atom stereocenters. The number of allylic oxidation sites excluding steroid dienone is 1. The number of ether oxygens (including phenoxy) is 1. The zero-order valence-electron chi connectivity index (χ0n) is 12.6. The number of aromatic nitrogens is 1. The van der Waals surface area contributed by atoms with E-state index < -0.39 is 0 Å². The first-order valence-corrected chi connectivity index (χ1v) is 8.73. The van der Waals surface area contributed by atoms with Gasteiger partial charge in [0.1, 0.15) is 18.4 Å². The highest BCUT2D eigenvalue weighted by Gasteiger charge is 2.07. The minimum Gasteiger partial charge on any atom is -0.481 e. The van der Waals surface area contributed by atoms with Gasteiger partial charge in [-0.15, -0.1) is 17.8 Å². The maximum atomic E-state index is 9.41. The van der Waals surface area contributed by atoms with Crippen LogP contribution in [0.1, 0.15) is 5.56 Å². The second kappa shape index (κ2) is 7.70. The lowest BCUT2D eigenvalue weighted by Gasteiger charge is -2.03. The van der Waals surface area contributed by atoms with Crippen molar-refractivity contribution in [2.45, 2.75) is 4.34 Å². The molecule has 3 rings (SSSR count). The van der Waals surface area contributed by atoms with Crippen LogP contribution in [-0.2, 0) is 0 Å². The van der Waals surface area contributed by atoms with Crippen molar-refractivity contribution in [3.63, 3.8) is 0 Å². The van der Waals surface area contributed by atoms with Crippen molar-refractivity contribution in [2.75, 3.05) is 6.61 Å². The van der Waals surface area contributed by atoms with Crippen molar-refractivity contribution < 1.29 is 4.74 Å². The standard InChI is InChI=1S/C19H12N2OS2/c1-2-10-22-15-7-5-6-14(11-15)12-16(13-20)23-19-21-17-8-3-4-9-18(17)24-19/h1,3-9,11-12H,10H2. The van der Waals surface area contributed by atoms with E-state index in [-0.39, 0.29) is 6.61 Å². The fourth-order valence-corrected chi connectivity index (χ4v) is 4.02. The number of benzene rings is 2. The Kier molecular flexibility index (Phi) is 5.18. The Labute approximate surface area is 148 Å². The van der Waals surface area contributed by atoms with E-state index in [9.17, 15) is 5.26 Å². The van der Waals surface area contributed by atoms with Crippen LogP contribution in [0.4, 0.5) is 0 Å². The Morgan fingerprint density at radius 1 is 1.29 bits per heavy atom. The van der Waals surface area contributed by atoms with E-state index in [1.165, 1.54) is 11.8 Å². The molecule has 3 nitrogen and oxygen atoms in total. The minimum atomic E-state index is 0.221. The van der Waals surface area contributed by atoms with Crippen LogP contribution in [-0.4, -0.2) is 11.6 Å². The van der Waals surface area contributed by atoms with E-state index in [1.54, 1.807) is 11.3 Å². The Hall–Kier alpha value is -2.73. The highest BCUT2D eigenvalue weighted by atomic mass is 32.2. The number of thiazole rings is 1. The lowest BCUT2D eigenvalue weighted by atomic mass is 10.2. The summed E-state index contributed by atoms with van der Waals surface area (Å²) in [6, 6.07) is 17.6. The summed E-state index contributed by atoms with van der Waals surface area (Å²) >= 11 is 2.95. The van der Waals surface area contributed by atoms with Crippen LogP contribution in [0.5, 0.6) is 5.75 Å². The SMILES string of the molecule is C#CCOc1cccc(C=C(C#N)Sc2nc3ccccc3s2)c1. The van der Waals surface area contributed by atoms with Gasteiger partial charge in [-0.2, -0.15) is 5.26 Å². The average molecular weight is 348 g/mol. The van der Waals surface area contributed by atoms with E-state index in [0.29, 0.717) is 10.7 Å². The largest absolute Gasteiger partial charge is 0.481 e. The normalized spacial score (nSPS) is 11.0. The average Bonchev–Trinajstić information content (AvgIpc) is 3.02. The maximum Gasteiger partial charge on any atom is 0.156 e. The molecule has 2 aromatic carbocycles. The first-order chi connectivity index (χ1) is 11.8. The number of para-hydroxylation sites is 1. The van der Waals surface area contributed by atoms with Crippen LogP contribution in [0.15, 0.2) is 57.8 Å². The Bertz CT molecular complexity index is 944. The van der Waals surface area contributed by atoms with E-state index in [2.05, 4.69) is 17.0 Å². The van der Waals surface area contributed by atoms with E-state index >= 15 is 0 Å². The molecule has 0 saturated heterocycles. The summed E-state index contributed by atoms with van der Waals surface area (Å²) in [5.41, 5.74) is 1.83. The number of nitriles is 1. The summed E-state index contributed by atoms with van der Waals surface area (Å²) in [6.45, 7) is 0.221. The van der Waals surface area contributed by atoms with Gasteiger partial charge >= 0.3 is 0 Å². The summed E-state index contributed by atoms with van der Waals surface area (Å²) in [5.74, 6) is 3.12. The first-order valence-electron chi connectivity index (χ1n) is 7.10. The van der Waals surface area contributed by atoms with Crippen molar-refractivity contribution in [3.8, 4) is 24.2 Å². The van der Waals surface area contributed by atoms with Crippen molar-refractivity contribution in [3.05, 3.63) is 59.0 Å². The quantitative estimate of drug-likeness (QED) is 0.371. The van der Waals surface area contributed by atoms with Gasteiger partial charge in [-0.3, -0.25) is 0 Å². The molecule has 24 heavy (non-hydrogen) atoms. The molecule has 5 heteroatoms. The van der Waals surface area contributed by atoms with Crippen molar-refractivity contribution in [1.82, 2.24) is 4.98 Å². The van der Waals surface area contributed by atoms with E-state index in [0.717, 1.165) is 20.1 Å². The summed E-state index contributed by atoms with van der Waals surface area (Å²) < 4.78 is 7.37. The molecule has 116 valence electrons. The highest BCUT2D eigenvalue weighted by molar-refractivity contribution is 8.05. The van der Waals surface area contributed by atoms with Gasteiger partial charge in [0.05, 0.1) is 15.1 Å². The molecule has 0 aliphatic carbocycles. The lowest BCUT2D eigenvalue weighted by Crippen LogP contribution is -1.93. The van der Waals surface area contributed by atoms with Crippen LogP contribution in [0.25, 0.3) is 16.3 Å². The van der Waals surface area contributed by atoms with Gasteiger partial charge in [-0.05, 0) is 47.7 Å². The van der Waals surface area contributed by atoms with Crippen molar-refractivity contribution in [2.24, 2.45) is 0 Å². The zero-order chi connectivity index (χ0) is 16.8. The Balaban J connectivity index is 1.82. The molecule has 0 radical (unpaired) electrons. The lowest BCUT2D eigenvalue weighted by molar-refractivity contribution is 0.370. The number of hydrogen-bond acceptors (Lipinski definition) is 5. The second-order valence-electron chi connectivity index (χ2n) is 4.74. The van der Waals surface area contributed by atoms with E-state index in [4.69, 9.17) is 11.2 Å². The van der Waals surface area contributed by atoms with Crippen LogP contribution in [0.3, 0.4) is 0 Å². The number of hydrogen-bond donors (Lipinski definition) is 0. The Morgan fingerprint density at radius 2 is 2.17 bits per heavy atom. The van der Waals surface area contributed by atoms with Gasteiger partial charge in [0.25, 0.3) is 0 Å². The molecule has 0 amide bonds. The maximum absolute atomic E-state index is 9.41. The third kappa shape index (κ3) is 3.97. The van der Waals surface area contributed by atoms with Crippen LogP contribution >= 0.6 is 23.1 Å². The number of nitrogens with zero attached hydrogens (tertiary/aromatic N) is 2. The molecular formula is C19H12N2OS2. The molecule has 0 spiro atoms. The molecule has 0 N–H and O–H groups in total. The van der Waals surface area contributed by atoms with Crippen LogP contribution in [0.2, 0.25) is 0 Å². The van der Waals surface area contributed by atoms with Crippen molar-refractivity contribution >= 4 is 39.4 Å². The Morgan fingerprint density at radius 3 is 2.96 bits per heavy atom. The van der Waals surface area contributed by atoms with Crippen LogP contribution < -0.4 is 4.74 Å². The van der Waals surface area contributed by atoms with Gasteiger partial charge in [0.2, 0.25) is 0 Å². The highest BCUT2D eigenvalue weighted by Crippen LogP contribution is 2.34. The number of terminal acetylenes is 1. The number of fused-ring (bicyclic) bond motifs is 1.